The molecule has 0 aliphatic heterocycles. The van der Waals surface area contributed by atoms with Crippen LogP contribution in [0.5, 0.6) is 0 Å². The quantitative estimate of drug-likeness (QED) is 0.795. The second-order valence-electron chi connectivity index (χ2n) is 5.33. The van der Waals surface area contributed by atoms with E-state index >= 15 is 0 Å². The van der Waals surface area contributed by atoms with Gasteiger partial charge in [0.15, 0.2) is 0 Å². The maximum atomic E-state index is 13.1. The molecule has 10 heteroatoms. The van der Waals surface area contributed by atoms with Crippen LogP contribution in [0.25, 0.3) is 0 Å². The Morgan fingerprint density at radius 2 is 1.73 bits per heavy atom. The number of amides is 1. The summed E-state index contributed by atoms with van der Waals surface area (Å²) in [5.74, 6) is -0.947. The average molecular weight is 407 g/mol. The number of halogens is 4. The Balaban J connectivity index is 2.18. The number of benzene rings is 2. The van der Waals surface area contributed by atoms with E-state index in [1.54, 1.807) is 6.07 Å². The molecule has 2 aromatic rings. The van der Waals surface area contributed by atoms with Gasteiger partial charge in [0, 0.05) is 5.02 Å². The fourth-order valence-electron chi connectivity index (χ4n) is 2.05. The summed E-state index contributed by atoms with van der Waals surface area (Å²) in [4.78, 5) is 12.1. The summed E-state index contributed by atoms with van der Waals surface area (Å²) >= 11 is 5.57. The Labute approximate surface area is 153 Å². The molecule has 2 aromatic carbocycles. The van der Waals surface area contributed by atoms with Gasteiger partial charge in [-0.2, -0.15) is 17.9 Å². The summed E-state index contributed by atoms with van der Waals surface area (Å²) in [6.45, 7) is 1.22. The first-order chi connectivity index (χ1) is 12.0. The van der Waals surface area contributed by atoms with Crippen molar-refractivity contribution in [2.24, 2.45) is 0 Å². The lowest BCUT2D eigenvalue weighted by molar-refractivity contribution is -0.137. The first-order valence-corrected chi connectivity index (χ1v) is 9.12. The van der Waals surface area contributed by atoms with E-state index in [0.29, 0.717) is 6.07 Å². The summed E-state index contributed by atoms with van der Waals surface area (Å²) in [7, 11) is -4.00. The van der Waals surface area contributed by atoms with Crippen molar-refractivity contribution in [1.82, 2.24) is 4.72 Å². The van der Waals surface area contributed by atoms with Crippen LogP contribution in [0.2, 0.25) is 5.02 Å². The Morgan fingerprint density at radius 3 is 2.31 bits per heavy atom. The molecule has 0 spiro atoms. The minimum Gasteiger partial charge on any atom is -0.324 e. The fraction of sp³-hybridized carbons (Fsp3) is 0.188. The highest BCUT2D eigenvalue weighted by molar-refractivity contribution is 7.89. The van der Waals surface area contributed by atoms with Gasteiger partial charge in [-0.3, -0.25) is 4.79 Å². The molecule has 2 N–H and O–H groups in total. The van der Waals surface area contributed by atoms with Gasteiger partial charge in [-0.1, -0.05) is 29.8 Å². The molecule has 0 aliphatic carbocycles. The van der Waals surface area contributed by atoms with Crippen LogP contribution in [0.15, 0.2) is 53.4 Å². The molecule has 0 bridgehead atoms. The van der Waals surface area contributed by atoms with E-state index in [9.17, 15) is 26.4 Å². The maximum absolute atomic E-state index is 13.1. The lowest BCUT2D eigenvalue weighted by Crippen LogP contribution is -2.41. The third kappa shape index (κ3) is 4.96. The molecule has 0 saturated carbocycles. The van der Waals surface area contributed by atoms with Crippen LogP contribution in [-0.2, 0) is 21.0 Å². The summed E-state index contributed by atoms with van der Waals surface area (Å²) in [5, 5.41) is 1.93. The van der Waals surface area contributed by atoms with Crippen LogP contribution in [0.1, 0.15) is 12.5 Å². The summed E-state index contributed by atoms with van der Waals surface area (Å²) in [6.07, 6.45) is -4.74. The van der Waals surface area contributed by atoms with Gasteiger partial charge in [0.25, 0.3) is 0 Å². The van der Waals surface area contributed by atoms with Crippen molar-refractivity contribution in [3.63, 3.8) is 0 Å². The van der Waals surface area contributed by atoms with Crippen molar-refractivity contribution >= 4 is 33.2 Å². The molecule has 0 radical (unpaired) electrons. The molecule has 0 fully saturated rings. The largest absolute Gasteiger partial charge is 0.418 e. The van der Waals surface area contributed by atoms with E-state index < -0.39 is 39.4 Å². The molecule has 0 aromatic heterocycles. The molecule has 1 amide bonds. The number of alkyl halides is 3. The minimum absolute atomic E-state index is 0.0675. The minimum atomic E-state index is -4.74. The van der Waals surface area contributed by atoms with Crippen molar-refractivity contribution in [2.45, 2.75) is 24.0 Å². The number of nitrogens with one attached hydrogen (secondary N) is 2. The van der Waals surface area contributed by atoms with Gasteiger partial charge in [-0.05, 0) is 37.3 Å². The van der Waals surface area contributed by atoms with E-state index in [-0.39, 0.29) is 9.92 Å². The molecule has 1 atom stereocenters. The number of sulfonamides is 1. The van der Waals surface area contributed by atoms with Crippen molar-refractivity contribution < 1.29 is 26.4 Å². The summed E-state index contributed by atoms with van der Waals surface area (Å²) in [6, 6.07) is 8.83. The van der Waals surface area contributed by atoms with Crippen LogP contribution in [-0.4, -0.2) is 20.4 Å². The van der Waals surface area contributed by atoms with E-state index in [4.69, 9.17) is 11.6 Å². The lowest BCUT2D eigenvalue weighted by atomic mass is 10.1. The van der Waals surface area contributed by atoms with Crippen LogP contribution < -0.4 is 10.0 Å². The van der Waals surface area contributed by atoms with Crippen LogP contribution in [0.3, 0.4) is 0 Å². The smallest absolute Gasteiger partial charge is 0.324 e. The number of rotatable bonds is 5. The maximum Gasteiger partial charge on any atom is 0.418 e. The van der Waals surface area contributed by atoms with Gasteiger partial charge in [-0.25, -0.2) is 8.42 Å². The topological polar surface area (TPSA) is 75.3 Å². The molecule has 26 heavy (non-hydrogen) atoms. The second kappa shape index (κ2) is 7.65. The van der Waals surface area contributed by atoms with Crippen molar-refractivity contribution in [1.29, 1.82) is 0 Å². The molecule has 5 nitrogen and oxygen atoms in total. The molecule has 2 rings (SSSR count). The number of carbonyl (C=O) groups is 1. The zero-order chi connectivity index (χ0) is 19.5. The van der Waals surface area contributed by atoms with Gasteiger partial charge in [0.2, 0.25) is 15.9 Å². The number of anilines is 1. The van der Waals surface area contributed by atoms with Gasteiger partial charge in [0.05, 0.1) is 22.2 Å². The summed E-state index contributed by atoms with van der Waals surface area (Å²) < 4.78 is 65.6. The second-order valence-corrected chi connectivity index (χ2v) is 7.48. The normalized spacial score (nSPS) is 13.3. The van der Waals surface area contributed by atoms with Crippen LogP contribution in [0, 0.1) is 0 Å². The molecule has 0 unspecified atom stereocenters. The molecule has 140 valence electrons. The van der Waals surface area contributed by atoms with E-state index in [1.807, 2.05) is 0 Å². The van der Waals surface area contributed by atoms with Gasteiger partial charge >= 0.3 is 6.18 Å². The number of hydrogen-bond donors (Lipinski definition) is 2. The number of hydrogen-bond acceptors (Lipinski definition) is 3. The predicted octanol–water partition coefficient (Wildman–Crippen LogP) is 3.66. The van der Waals surface area contributed by atoms with Gasteiger partial charge < -0.3 is 5.32 Å². The highest BCUT2D eigenvalue weighted by Gasteiger charge is 2.34. The standard InChI is InChI=1S/C16H14ClF3N2O3S/c1-10(22-26(24,25)12-5-3-2-4-6-12)15(23)21-14-8-7-11(17)9-13(14)16(18,19)20/h2-10,22H,1H3,(H,21,23)/t10-/m0/s1. The van der Waals surface area contributed by atoms with E-state index in [0.717, 1.165) is 6.07 Å². The summed E-state index contributed by atoms with van der Waals surface area (Å²) in [5.41, 5.74) is -1.64. The van der Waals surface area contributed by atoms with Crippen LogP contribution >= 0.6 is 11.6 Å². The Morgan fingerprint density at radius 1 is 1.12 bits per heavy atom. The third-order valence-electron chi connectivity index (χ3n) is 3.32. The average Bonchev–Trinajstić information content (AvgIpc) is 2.56. The Kier molecular flexibility index (Phi) is 5.94. The zero-order valence-electron chi connectivity index (χ0n) is 13.3. The molecular formula is C16H14ClF3N2O3S. The molecule has 0 aliphatic rings. The Bertz CT molecular complexity index is 903. The van der Waals surface area contributed by atoms with Crippen molar-refractivity contribution in [3.8, 4) is 0 Å². The number of carbonyl (C=O) groups excluding carboxylic acids is 1. The van der Waals surface area contributed by atoms with Crippen LogP contribution in [0.4, 0.5) is 18.9 Å². The molecule has 0 heterocycles. The van der Waals surface area contributed by atoms with Gasteiger partial charge in [-0.15, -0.1) is 0 Å². The van der Waals surface area contributed by atoms with Crippen molar-refractivity contribution in [2.75, 3.05) is 5.32 Å². The monoisotopic (exact) mass is 406 g/mol. The van der Waals surface area contributed by atoms with E-state index in [1.165, 1.54) is 37.3 Å². The van der Waals surface area contributed by atoms with Gasteiger partial charge in [0.1, 0.15) is 0 Å². The SMILES string of the molecule is C[C@H](NS(=O)(=O)c1ccccc1)C(=O)Nc1ccc(Cl)cc1C(F)(F)F. The van der Waals surface area contributed by atoms with Crippen molar-refractivity contribution in [3.05, 3.63) is 59.1 Å². The first-order valence-electron chi connectivity index (χ1n) is 7.26. The highest BCUT2D eigenvalue weighted by Crippen LogP contribution is 2.36. The third-order valence-corrected chi connectivity index (χ3v) is 5.12. The lowest BCUT2D eigenvalue weighted by Gasteiger charge is -2.17. The molecular weight excluding hydrogens is 393 g/mol. The first kappa shape index (κ1) is 20.2. The predicted molar refractivity (Wildman–Crippen MR) is 91.3 cm³/mol. The zero-order valence-corrected chi connectivity index (χ0v) is 14.9. The highest BCUT2D eigenvalue weighted by atomic mass is 35.5. The Hall–Kier alpha value is -2.10. The van der Waals surface area contributed by atoms with E-state index in [2.05, 4.69) is 10.0 Å². The molecule has 0 saturated heterocycles. The fourth-order valence-corrected chi connectivity index (χ4v) is 3.45.